The van der Waals surface area contributed by atoms with Crippen LogP contribution < -0.4 is 11.1 Å². The van der Waals surface area contributed by atoms with Gasteiger partial charge in [-0.25, -0.2) is 4.98 Å². The second-order valence-electron chi connectivity index (χ2n) is 5.26. The minimum Gasteiger partial charge on any atom is -0.383 e. The van der Waals surface area contributed by atoms with Gasteiger partial charge in [0, 0.05) is 12.7 Å². The van der Waals surface area contributed by atoms with Gasteiger partial charge in [-0.2, -0.15) is 0 Å². The number of anilines is 1. The number of pyridine rings is 1. The summed E-state index contributed by atoms with van der Waals surface area (Å²) < 4.78 is 0. The Kier molecular flexibility index (Phi) is 2.31. The molecule has 2 saturated carbocycles. The first-order valence-electron chi connectivity index (χ1n) is 6.20. The number of nitrogens with zero attached hydrogens (tertiary/aromatic N) is 1. The monoisotopic (exact) mass is 231 g/mol. The van der Waals surface area contributed by atoms with Crippen LogP contribution in [-0.2, 0) is 0 Å². The van der Waals surface area contributed by atoms with Crippen molar-refractivity contribution in [1.82, 2.24) is 10.3 Å². The highest BCUT2D eigenvalue weighted by Crippen LogP contribution is 2.60. The van der Waals surface area contributed by atoms with Crippen LogP contribution in [0.4, 0.5) is 5.82 Å². The molecule has 2 fully saturated rings. The Hall–Kier alpha value is -1.58. The van der Waals surface area contributed by atoms with Crippen LogP contribution in [0.5, 0.6) is 0 Å². The molecule has 0 radical (unpaired) electrons. The zero-order valence-electron chi connectivity index (χ0n) is 9.78. The van der Waals surface area contributed by atoms with Gasteiger partial charge in [0.25, 0.3) is 5.91 Å². The predicted molar refractivity (Wildman–Crippen MR) is 65.4 cm³/mol. The van der Waals surface area contributed by atoms with Gasteiger partial charge in [0.15, 0.2) is 0 Å². The summed E-state index contributed by atoms with van der Waals surface area (Å²) in [5.41, 5.74) is 6.59. The summed E-state index contributed by atoms with van der Waals surface area (Å²) in [7, 11) is 0. The number of hydrogen-bond acceptors (Lipinski definition) is 3. The van der Waals surface area contributed by atoms with Crippen LogP contribution >= 0.6 is 0 Å². The lowest BCUT2D eigenvalue weighted by molar-refractivity contribution is 0.0943. The number of nitrogens with two attached hydrogens (primary N) is 1. The Labute approximate surface area is 101 Å². The van der Waals surface area contributed by atoms with E-state index in [1.165, 1.54) is 25.7 Å². The average Bonchev–Trinajstić information content (AvgIpc) is 3.17. The number of amides is 1. The first-order valence-corrected chi connectivity index (χ1v) is 6.20. The predicted octanol–water partition coefficient (Wildman–Crippen LogP) is 1.58. The first kappa shape index (κ1) is 10.6. The number of nitrogen functional groups attached to an aromatic ring is 1. The molecule has 90 valence electrons. The molecule has 0 saturated heterocycles. The molecule has 1 heterocycles. The third kappa shape index (κ3) is 1.99. The summed E-state index contributed by atoms with van der Waals surface area (Å²) >= 11 is 0. The summed E-state index contributed by atoms with van der Waals surface area (Å²) in [4.78, 5) is 15.9. The molecule has 1 aromatic rings. The normalized spacial score (nSPS) is 20.9. The number of hydrogen-bond donors (Lipinski definition) is 2. The van der Waals surface area contributed by atoms with Crippen LogP contribution in [0.25, 0.3) is 0 Å². The summed E-state index contributed by atoms with van der Waals surface area (Å²) in [5, 5.41) is 3.00. The lowest BCUT2D eigenvalue weighted by Gasteiger charge is -2.15. The maximum absolute atomic E-state index is 12.0. The average molecular weight is 231 g/mol. The number of carbonyl (C=O) groups is 1. The zero-order chi connectivity index (χ0) is 11.9. The SMILES string of the molecule is Nc1ncccc1C(=O)NCC1(C2CC2)CC1. The lowest BCUT2D eigenvalue weighted by atomic mass is 10.0. The molecule has 0 unspecified atom stereocenters. The number of nitrogens with one attached hydrogen (secondary N) is 1. The van der Waals surface area contributed by atoms with Gasteiger partial charge >= 0.3 is 0 Å². The molecule has 3 rings (SSSR count). The van der Waals surface area contributed by atoms with E-state index in [0.29, 0.717) is 16.8 Å². The molecule has 0 atom stereocenters. The van der Waals surface area contributed by atoms with Gasteiger partial charge in [-0.15, -0.1) is 0 Å². The molecule has 0 spiro atoms. The van der Waals surface area contributed by atoms with Crippen molar-refractivity contribution >= 4 is 11.7 Å². The molecule has 2 aliphatic carbocycles. The molecule has 0 aromatic carbocycles. The molecule has 4 heteroatoms. The molecule has 1 amide bonds. The molecule has 4 nitrogen and oxygen atoms in total. The molecule has 17 heavy (non-hydrogen) atoms. The Morgan fingerprint density at radius 3 is 2.88 bits per heavy atom. The standard InChI is InChI=1S/C13H17N3O/c14-11-10(2-1-7-15-11)12(17)16-8-13(5-6-13)9-3-4-9/h1-2,7,9H,3-6,8H2,(H2,14,15)(H,16,17). The van der Waals surface area contributed by atoms with Crippen LogP contribution in [0.1, 0.15) is 36.0 Å². The molecule has 0 bridgehead atoms. The van der Waals surface area contributed by atoms with Crippen molar-refractivity contribution in [1.29, 1.82) is 0 Å². The van der Waals surface area contributed by atoms with E-state index in [2.05, 4.69) is 10.3 Å². The lowest BCUT2D eigenvalue weighted by Crippen LogP contribution is -2.31. The van der Waals surface area contributed by atoms with Gasteiger partial charge in [0.1, 0.15) is 5.82 Å². The van der Waals surface area contributed by atoms with E-state index in [9.17, 15) is 4.79 Å². The smallest absolute Gasteiger partial charge is 0.255 e. The highest BCUT2D eigenvalue weighted by Gasteiger charge is 2.53. The van der Waals surface area contributed by atoms with Crippen LogP contribution in [0.15, 0.2) is 18.3 Å². The van der Waals surface area contributed by atoms with Crippen LogP contribution in [0.3, 0.4) is 0 Å². The zero-order valence-corrected chi connectivity index (χ0v) is 9.78. The molecule has 0 aliphatic heterocycles. The number of aromatic nitrogens is 1. The van der Waals surface area contributed by atoms with Crippen molar-refractivity contribution in [3.63, 3.8) is 0 Å². The molecule has 1 aromatic heterocycles. The van der Waals surface area contributed by atoms with E-state index < -0.39 is 0 Å². The molecular weight excluding hydrogens is 214 g/mol. The Balaban J connectivity index is 1.62. The van der Waals surface area contributed by atoms with Gasteiger partial charge in [-0.05, 0) is 49.1 Å². The number of carbonyl (C=O) groups excluding carboxylic acids is 1. The minimum atomic E-state index is -0.0949. The van der Waals surface area contributed by atoms with Crippen molar-refractivity contribution in [2.24, 2.45) is 11.3 Å². The fourth-order valence-electron chi connectivity index (χ4n) is 2.55. The third-order valence-corrected chi connectivity index (χ3v) is 4.02. The quantitative estimate of drug-likeness (QED) is 0.826. The molecule has 2 aliphatic rings. The summed E-state index contributed by atoms with van der Waals surface area (Å²) in [6.45, 7) is 0.796. The van der Waals surface area contributed by atoms with E-state index in [1.54, 1.807) is 18.3 Å². The molecular formula is C13H17N3O. The van der Waals surface area contributed by atoms with Gasteiger partial charge in [0.2, 0.25) is 0 Å². The van der Waals surface area contributed by atoms with Gasteiger partial charge in [0.05, 0.1) is 5.56 Å². The summed E-state index contributed by atoms with van der Waals surface area (Å²) in [5.74, 6) is 1.07. The van der Waals surface area contributed by atoms with Crippen molar-refractivity contribution in [3.05, 3.63) is 23.9 Å². The van der Waals surface area contributed by atoms with Crippen molar-refractivity contribution in [3.8, 4) is 0 Å². The number of rotatable bonds is 4. The van der Waals surface area contributed by atoms with Crippen molar-refractivity contribution in [2.75, 3.05) is 12.3 Å². The third-order valence-electron chi connectivity index (χ3n) is 4.02. The highest BCUT2D eigenvalue weighted by molar-refractivity contribution is 5.98. The first-order chi connectivity index (χ1) is 8.21. The van der Waals surface area contributed by atoms with Crippen molar-refractivity contribution < 1.29 is 4.79 Å². The Morgan fingerprint density at radius 1 is 1.53 bits per heavy atom. The van der Waals surface area contributed by atoms with E-state index in [4.69, 9.17) is 5.73 Å². The van der Waals surface area contributed by atoms with Crippen LogP contribution in [-0.4, -0.2) is 17.4 Å². The van der Waals surface area contributed by atoms with E-state index in [-0.39, 0.29) is 5.91 Å². The van der Waals surface area contributed by atoms with E-state index >= 15 is 0 Å². The van der Waals surface area contributed by atoms with Gasteiger partial charge in [-0.3, -0.25) is 4.79 Å². The van der Waals surface area contributed by atoms with E-state index in [0.717, 1.165) is 12.5 Å². The highest BCUT2D eigenvalue weighted by atomic mass is 16.1. The van der Waals surface area contributed by atoms with E-state index in [1.807, 2.05) is 0 Å². The fourth-order valence-corrected chi connectivity index (χ4v) is 2.55. The fraction of sp³-hybridized carbons (Fsp3) is 0.538. The summed E-state index contributed by atoms with van der Waals surface area (Å²) in [6.07, 6.45) is 6.80. The van der Waals surface area contributed by atoms with Gasteiger partial charge in [-0.1, -0.05) is 0 Å². The van der Waals surface area contributed by atoms with Crippen LogP contribution in [0.2, 0.25) is 0 Å². The second-order valence-corrected chi connectivity index (χ2v) is 5.26. The minimum absolute atomic E-state index is 0.0949. The Bertz CT molecular complexity index is 450. The summed E-state index contributed by atoms with van der Waals surface area (Å²) in [6, 6.07) is 3.45. The topological polar surface area (TPSA) is 68.0 Å². The largest absolute Gasteiger partial charge is 0.383 e. The maximum Gasteiger partial charge on any atom is 0.255 e. The second kappa shape index (κ2) is 3.72. The Morgan fingerprint density at radius 2 is 2.29 bits per heavy atom. The van der Waals surface area contributed by atoms with Gasteiger partial charge < -0.3 is 11.1 Å². The van der Waals surface area contributed by atoms with Crippen molar-refractivity contribution in [2.45, 2.75) is 25.7 Å². The molecule has 3 N–H and O–H groups in total. The van der Waals surface area contributed by atoms with Crippen LogP contribution in [0, 0.1) is 11.3 Å². The maximum atomic E-state index is 12.0.